The Morgan fingerprint density at radius 1 is 1.33 bits per heavy atom. The Morgan fingerprint density at radius 3 is 2.80 bits per heavy atom. The van der Waals surface area contributed by atoms with E-state index in [0.717, 1.165) is 18.5 Å². The number of pyridine rings is 1. The van der Waals surface area contributed by atoms with Crippen molar-refractivity contribution >= 4 is 5.78 Å². The molecule has 15 heavy (non-hydrogen) atoms. The molecule has 2 rings (SSSR count). The van der Waals surface area contributed by atoms with E-state index in [1.165, 1.54) is 0 Å². The summed E-state index contributed by atoms with van der Waals surface area (Å²) in [6, 6.07) is 5.80. The van der Waals surface area contributed by atoms with Crippen LogP contribution in [0, 0.1) is 0 Å². The lowest BCUT2D eigenvalue weighted by atomic mass is 9.96. The molecule has 1 aliphatic carbocycles. The summed E-state index contributed by atoms with van der Waals surface area (Å²) < 4.78 is 5.70. The number of aromatic nitrogens is 1. The van der Waals surface area contributed by atoms with Gasteiger partial charge in [0, 0.05) is 19.0 Å². The zero-order valence-electron chi connectivity index (χ0n) is 8.69. The maximum Gasteiger partial charge on any atom is 0.133 e. The molecule has 3 nitrogen and oxygen atoms in total. The van der Waals surface area contributed by atoms with Gasteiger partial charge in [0.05, 0.1) is 18.4 Å². The number of hydrogen-bond acceptors (Lipinski definition) is 3. The van der Waals surface area contributed by atoms with Gasteiger partial charge in [-0.1, -0.05) is 6.07 Å². The summed E-state index contributed by atoms with van der Waals surface area (Å²) in [5, 5.41) is 0. The summed E-state index contributed by atoms with van der Waals surface area (Å²) in [6.45, 7) is 0.555. The number of rotatable bonds is 3. The molecule has 0 N–H and O–H groups in total. The largest absolute Gasteiger partial charge is 0.372 e. The van der Waals surface area contributed by atoms with E-state index in [1.54, 1.807) is 6.20 Å². The molecular formula is C12H15NO2. The maximum atomic E-state index is 11.0. The summed E-state index contributed by atoms with van der Waals surface area (Å²) in [6.07, 6.45) is 5.09. The molecule has 0 saturated heterocycles. The molecule has 0 radical (unpaired) electrons. The fourth-order valence-electron chi connectivity index (χ4n) is 1.77. The summed E-state index contributed by atoms with van der Waals surface area (Å²) in [4.78, 5) is 15.2. The third-order valence-electron chi connectivity index (χ3n) is 2.68. The van der Waals surface area contributed by atoms with Crippen LogP contribution < -0.4 is 0 Å². The van der Waals surface area contributed by atoms with Gasteiger partial charge in [-0.25, -0.2) is 0 Å². The summed E-state index contributed by atoms with van der Waals surface area (Å²) in [5.41, 5.74) is 0.953. The van der Waals surface area contributed by atoms with E-state index in [0.29, 0.717) is 25.2 Å². The van der Waals surface area contributed by atoms with Gasteiger partial charge in [0.15, 0.2) is 0 Å². The minimum Gasteiger partial charge on any atom is -0.372 e. The predicted octanol–water partition coefficient (Wildman–Crippen LogP) is 2.11. The lowest BCUT2D eigenvalue weighted by Gasteiger charge is -2.21. The molecule has 0 spiro atoms. The average molecular weight is 205 g/mol. The summed E-state index contributed by atoms with van der Waals surface area (Å²) in [5.74, 6) is 0.368. The molecular weight excluding hydrogens is 190 g/mol. The van der Waals surface area contributed by atoms with E-state index in [9.17, 15) is 4.79 Å². The molecule has 80 valence electrons. The number of ketones is 1. The van der Waals surface area contributed by atoms with E-state index >= 15 is 0 Å². The Kier molecular flexibility index (Phi) is 3.45. The highest BCUT2D eigenvalue weighted by atomic mass is 16.5. The number of Topliss-reactive ketones (excluding diaryl/α,β-unsaturated/α-hetero) is 1. The molecule has 0 amide bonds. The van der Waals surface area contributed by atoms with Crippen LogP contribution in [0.3, 0.4) is 0 Å². The Morgan fingerprint density at radius 2 is 2.13 bits per heavy atom. The second kappa shape index (κ2) is 5.03. The van der Waals surface area contributed by atoms with Crippen LogP contribution in [-0.4, -0.2) is 16.9 Å². The lowest BCUT2D eigenvalue weighted by molar-refractivity contribution is -0.123. The molecule has 1 aliphatic rings. The van der Waals surface area contributed by atoms with Gasteiger partial charge in [0.2, 0.25) is 0 Å². The molecule has 0 bridgehead atoms. The van der Waals surface area contributed by atoms with Crippen LogP contribution in [0.25, 0.3) is 0 Å². The first-order chi connectivity index (χ1) is 7.34. The van der Waals surface area contributed by atoms with E-state index in [4.69, 9.17) is 4.74 Å². The van der Waals surface area contributed by atoms with E-state index in [1.807, 2.05) is 18.2 Å². The number of carbonyl (C=O) groups is 1. The first-order valence-corrected chi connectivity index (χ1v) is 5.38. The molecule has 0 aromatic carbocycles. The smallest absolute Gasteiger partial charge is 0.133 e. The van der Waals surface area contributed by atoms with Crippen molar-refractivity contribution in [2.24, 2.45) is 0 Å². The maximum absolute atomic E-state index is 11.0. The zero-order valence-corrected chi connectivity index (χ0v) is 8.69. The summed E-state index contributed by atoms with van der Waals surface area (Å²) in [7, 11) is 0. The van der Waals surface area contributed by atoms with Crippen LogP contribution in [0.15, 0.2) is 24.4 Å². The molecule has 1 saturated carbocycles. The third-order valence-corrected chi connectivity index (χ3v) is 2.68. The molecule has 0 unspecified atom stereocenters. The van der Waals surface area contributed by atoms with Gasteiger partial charge in [-0.05, 0) is 25.0 Å². The highest BCUT2D eigenvalue weighted by Crippen LogP contribution is 2.18. The number of nitrogens with zero attached hydrogens (tertiary/aromatic N) is 1. The first kappa shape index (κ1) is 10.3. The third kappa shape index (κ3) is 3.13. The van der Waals surface area contributed by atoms with Gasteiger partial charge in [-0.15, -0.1) is 0 Å². The van der Waals surface area contributed by atoms with Crippen molar-refractivity contribution in [2.45, 2.75) is 38.4 Å². The van der Waals surface area contributed by atoms with Gasteiger partial charge >= 0.3 is 0 Å². The summed E-state index contributed by atoms with van der Waals surface area (Å²) >= 11 is 0. The minimum atomic E-state index is 0.240. The molecule has 0 atom stereocenters. The van der Waals surface area contributed by atoms with Gasteiger partial charge in [0.1, 0.15) is 5.78 Å². The van der Waals surface area contributed by atoms with Crippen LogP contribution in [0.4, 0.5) is 0 Å². The fourth-order valence-corrected chi connectivity index (χ4v) is 1.77. The SMILES string of the molecule is O=C1CCC(OCc2ccccn2)CC1. The monoisotopic (exact) mass is 205 g/mol. The second-order valence-corrected chi connectivity index (χ2v) is 3.87. The number of hydrogen-bond donors (Lipinski definition) is 0. The Labute approximate surface area is 89.5 Å². The normalized spacial score (nSPS) is 18.0. The van der Waals surface area contributed by atoms with Crippen LogP contribution in [0.5, 0.6) is 0 Å². The standard InChI is InChI=1S/C12H15NO2/c14-11-4-6-12(7-5-11)15-9-10-3-1-2-8-13-10/h1-3,8,12H,4-7,9H2. The Hall–Kier alpha value is -1.22. The Bertz CT molecular complexity index is 314. The topological polar surface area (TPSA) is 39.2 Å². The van der Waals surface area contributed by atoms with Gasteiger partial charge in [-0.3, -0.25) is 9.78 Å². The van der Waals surface area contributed by atoms with Crippen molar-refractivity contribution in [3.05, 3.63) is 30.1 Å². The Balaban J connectivity index is 1.77. The molecule has 1 fully saturated rings. The van der Waals surface area contributed by atoms with Gasteiger partial charge < -0.3 is 4.74 Å². The minimum absolute atomic E-state index is 0.240. The van der Waals surface area contributed by atoms with E-state index < -0.39 is 0 Å². The average Bonchev–Trinajstić information content (AvgIpc) is 2.30. The fraction of sp³-hybridized carbons (Fsp3) is 0.500. The van der Waals surface area contributed by atoms with Crippen molar-refractivity contribution in [1.29, 1.82) is 0 Å². The highest BCUT2D eigenvalue weighted by molar-refractivity contribution is 5.79. The number of ether oxygens (including phenoxy) is 1. The van der Waals surface area contributed by atoms with Crippen molar-refractivity contribution in [2.75, 3.05) is 0 Å². The first-order valence-electron chi connectivity index (χ1n) is 5.38. The molecule has 1 aromatic rings. The van der Waals surface area contributed by atoms with Gasteiger partial charge in [0.25, 0.3) is 0 Å². The predicted molar refractivity (Wildman–Crippen MR) is 56.3 cm³/mol. The molecule has 0 aliphatic heterocycles. The van der Waals surface area contributed by atoms with Crippen molar-refractivity contribution in [3.8, 4) is 0 Å². The zero-order chi connectivity index (χ0) is 10.5. The van der Waals surface area contributed by atoms with E-state index in [2.05, 4.69) is 4.98 Å². The highest BCUT2D eigenvalue weighted by Gasteiger charge is 2.18. The van der Waals surface area contributed by atoms with Crippen LogP contribution >= 0.6 is 0 Å². The molecule has 1 aromatic heterocycles. The number of carbonyl (C=O) groups excluding carboxylic acids is 1. The lowest BCUT2D eigenvalue weighted by Crippen LogP contribution is -2.21. The molecule has 3 heteroatoms. The van der Waals surface area contributed by atoms with Gasteiger partial charge in [-0.2, -0.15) is 0 Å². The van der Waals surface area contributed by atoms with Crippen molar-refractivity contribution in [1.82, 2.24) is 4.98 Å². The van der Waals surface area contributed by atoms with Crippen LogP contribution in [0.1, 0.15) is 31.4 Å². The van der Waals surface area contributed by atoms with Crippen LogP contribution in [0.2, 0.25) is 0 Å². The molecule has 1 heterocycles. The van der Waals surface area contributed by atoms with Crippen LogP contribution in [-0.2, 0) is 16.1 Å². The van der Waals surface area contributed by atoms with Crippen molar-refractivity contribution < 1.29 is 9.53 Å². The van der Waals surface area contributed by atoms with Crippen molar-refractivity contribution in [3.63, 3.8) is 0 Å². The van der Waals surface area contributed by atoms with E-state index in [-0.39, 0.29) is 6.10 Å². The second-order valence-electron chi connectivity index (χ2n) is 3.87. The quantitative estimate of drug-likeness (QED) is 0.758.